The number of fused-ring (bicyclic) bond motifs is 5. The normalized spacial score (nSPS) is 17.7. The summed E-state index contributed by atoms with van der Waals surface area (Å²) in [6, 6.07) is 10.3. The summed E-state index contributed by atoms with van der Waals surface area (Å²) in [5, 5.41) is 2.11. The minimum atomic E-state index is -0.0127. The van der Waals surface area contributed by atoms with Crippen LogP contribution in [0.3, 0.4) is 0 Å². The summed E-state index contributed by atoms with van der Waals surface area (Å²) in [5.41, 5.74) is 5.74. The van der Waals surface area contributed by atoms with E-state index in [9.17, 15) is 0 Å². The van der Waals surface area contributed by atoms with Gasteiger partial charge in [-0.05, 0) is 25.5 Å². The van der Waals surface area contributed by atoms with Crippen LogP contribution in [-0.2, 0) is 0 Å². The van der Waals surface area contributed by atoms with Crippen LogP contribution in [-0.4, -0.2) is 4.40 Å². The number of hydrogen-bond donors (Lipinski definition) is 0. The zero-order chi connectivity index (χ0) is 14.6. The van der Waals surface area contributed by atoms with E-state index in [1.807, 2.05) is 13.0 Å². The highest BCUT2D eigenvalue weighted by Gasteiger charge is 2.24. The zero-order valence-electron chi connectivity index (χ0n) is 11.8. The summed E-state index contributed by atoms with van der Waals surface area (Å²) in [4.78, 5) is 0. The van der Waals surface area contributed by atoms with Crippen LogP contribution in [0.2, 0.25) is 0 Å². The molecule has 1 aliphatic carbocycles. The van der Waals surface area contributed by atoms with Crippen molar-refractivity contribution < 1.29 is 0 Å². The van der Waals surface area contributed by atoms with Crippen LogP contribution < -0.4 is 5.22 Å². The van der Waals surface area contributed by atoms with Gasteiger partial charge in [0, 0.05) is 22.0 Å². The lowest BCUT2D eigenvalue weighted by Crippen LogP contribution is -2.04. The number of allylic oxidation sites excluding steroid dienone is 2. The van der Waals surface area contributed by atoms with Crippen molar-refractivity contribution in [2.24, 2.45) is 0 Å². The third kappa shape index (κ3) is 1.54. The second kappa shape index (κ2) is 4.41. The van der Waals surface area contributed by atoms with Gasteiger partial charge in [-0.15, -0.1) is 11.6 Å². The van der Waals surface area contributed by atoms with Crippen molar-refractivity contribution in [3.8, 4) is 0 Å². The molecule has 1 aliphatic rings. The molecule has 3 aromatic rings. The zero-order valence-corrected chi connectivity index (χ0v) is 12.5. The maximum absolute atomic E-state index is 6.59. The first-order valence-corrected chi connectivity index (χ1v) is 7.52. The fourth-order valence-corrected chi connectivity index (χ4v) is 3.64. The lowest BCUT2D eigenvalue weighted by atomic mass is 10.0. The average molecular weight is 292 g/mol. The van der Waals surface area contributed by atoms with Crippen LogP contribution in [0.4, 0.5) is 0 Å². The fourth-order valence-electron chi connectivity index (χ4n) is 3.32. The summed E-state index contributed by atoms with van der Waals surface area (Å²) in [6.07, 6.45) is 9.30. The first-order valence-electron chi connectivity index (χ1n) is 7.08. The standard InChI is InChI=1S/C19H14ClN/c1-3-7-15-14-8-4-5-11-17(14)21-18(15)12(2)13-9-6-10-16(20)19(13)21/h3,5-7,9,11,16H,2,10H2,1H3/b7-3-. The third-order valence-electron chi connectivity index (χ3n) is 4.15. The summed E-state index contributed by atoms with van der Waals surface area (Å²) in [6.45, 7) is 6.33. The summed E-state index contributed by atoms with van der Waals surface area (Å²) in [7, 11) is 0. The van der Waals surface area contributed by atoms with Gasteiger partial charge in [0.1, 0.15) is 0 Å². The van der Waals surface area contributed by atoms with Gasteiger partial charge < -0.3 is 4.40 Å². The van der Waals surface area contributed by atoms with E-state index >= 15 is 0 Å². The van der Waals surface area contributed by atoms with Gasteiger partial charge in [-0.1, -0.05) is 43.0 Å². The van der Waals surface area contributed by atoms with Crippen molar-refractivity contribution in [3.63, 3.8) is 0 Å². The molecule has 21 heavy (non-hydrogen) atoms. The van der Waals surface area contributed by atoms with Crippen LogP contribution in [0.1, 0.15) is 35.5 Å². The highest BCUT2D eigenvalue weighted by molar-refractivity contribution is 6.21. The summed E-state index contributed by atoms with van der Waals surface area (Å²) >= 11 is 6.59. The molecular formula is C19H14ClN. The van der Waals surface area contributed by atoms with E-state index in [4.69, 9.17) is 11.6 Å². The Bertz CT molecular complexity index is 959. The monoisotopic (exact) mass is 291 g/mol. The first-order chi connectivity index (χ1) is 10.2. The molecule has 0 aliphatic heterocycles. The summed E-state index contributed by atoms with van der Waals surface area (Å²) < 4.78 is 2.26. The minimum Gasteiger partial charge on any atom is -0.310 e. The van der Waals surface area contributed by atoms with Crippen molar-refractivity contribution in [2.45, 2.75) is 18.7 Å². The molecular weight excluding hydrogens is 278 g/mol. The molecule has 1 unspecified atom stereocenters. The van der Waals surface area contributed by atoms with Crippen molar-refractivity contribution >= 4 is 46.8 Å². The van der Waals surface area contributed by atoms with Crippen molar-refractivity contribution in [3.05, 3.63) is 58.5 Å². The van der Waals surface area contributed by atoms with Gasteiger partial charge in [0.2, 0.25) is 0 Å². The van der Waals surface area contributed by atoms with Crippen LogP contribution in [0.15, 0.2) is 24.3 Å². The highest BCUT2D eigenvalue weighted by Crippen LogP contribution is 2.37. The van der Waals surface area contributed by atoms with E-state index in [1.165, 1.54) is 0 Å². The molecule has 2 heteroatoms. The number of alkyl halides is 1. The molecule has 0 saturated carbocycles. The van der Waals surface area contributed by atoms with Crippen LogP contribution in [0.25, 0.3) is 35.2 Å². The second-order valence-corrected chi connectivity index (χ2v) is 5.87. The molecule has 0 amide bonds. The van der Waals surface area contributed by atoms with E-state index in [1.54, 1.807) is 0 Å². The van der Waals surface area contributed by atoms with E-state index in [-0.39, 0.29) is 5.38 Å². The Hall–Kier alpha value is -2.17. The number of hydrogen-bond acceptors (Lipinski definition) is 0. The molecule has 0 radical (unpaired) electrons. The van der Waals surface area contributed by atoms with Gasteiger partial charge in [-0.2, -0.15) is 0 Å². The van der Waals surface area contributed by atoms with Crippen LogP contribution >= 0.6 is 11.6 Å². The molecule has 4 rings (SSSR count). The minimum absolute atomic E-state index is 0.0127. The van der Waals surface area contributed by atoms with Crippen molar-refractivity contribution in [2.75, 3.05) is 0 Å². The van der Waals surface area contributed by atoms with Crippen molar-refractivity contribution in [1.82, 2.24) is 4.40 Å². The van der Waals surface area contributed by atoms with E-state index in [2.05, 4.69) is 53.5 Å². The van der Waals surface area contributed by atoms with Gasteiger partial charge in [0.25, 0.3) is 0 Å². The van der Waals surface area contributed by atoms with Gasteiger partial charge in [-0.3, -0.25) is 0 Å². The molecule has 2 heterocycles. The average Bonchev–Trinajstić information content (AvgIpc) is 2.96. The third-order valence-corrected chi connectivity index (χ3v) is 4.54. The van der Waals surface area contributed by atoms with E-state index < -0.39 is 0 Å². The van der Waals surface area contributed by atoms with Gasteiger partial charge >= 0.3 is 0 Å². The van der Waals surface area contributed by atoms with Gasteiger partial charge in [0.15, 0.2) is 0 Å². The Morgan fingerprint density at radius 1 is 1.48 bits per heavy atom. The smallest absolute Gasteiger partial charge is 0.0781 e. The Labute approximate surface area is 128 Å². The number of halogens is 1. The second-order valence-electron chi connectivity index (χ2n) is 5.34. The molecule has 1 atom stereocenters. The molecule has 2 aromatic heterocycles. The molecule has 0 saturated heterocycles. The molecule has 1 aromatic carbocycles. The molecule has 0 bridgehead atoms. The lowest BCUT2D eigenvalue weighted by Gasteiger charge is -2.13. The topological polar surface area (TPSA) is 4.41 Å². The van der Waals surface area contributed by atoms with Crippen LogP contribution in [0, 0.1) is 12.1 Å². The predicted octanol–water partition coefficient (Wildman–Crippen LogP) is 4.55. The number of aromatic nitrogens is 1. The van der Waals surface area contributed by atoms with Crippen LogP contribution in [0.5, 0.6) is 0 Å². The Balaban J connectivity index is 2.32. The predicted molar refractivity (Wildman–Crippen MR) is 90.3 cm³/mol. The SMILES string of the molecule is C=c1c2c(n3c1c(/C=C\C)c1c#cccc13)C(Cl)CC=C2. The van der Waals surface area contributed by atoms with E-state index in [0.717, 1.165) is 44.9 Å². The highest BCUT2D eigenvalue weighted by atomic mass is 35.5. The molecule has 0 fully saturated rings. The largest absolute Gasteiger partial charge is 0.310 e. The number of nitrogens with zero attached hydrogens (tertiary/aromatic N) is 1. The van der Waals surface area contributed by atoms with Gasteiger partial charge in [-0.25, -0.2) is 0 Å². The quantitative estimate of drug-likeness (QED) is 0.579. The molecule has 102 valence electrons. The Morgan fingerprint density at radius 3 is 3.14 bits per heavy atom. The Morgan fingerprint density at radius 2 is 2.33 bits per heavy atom. The fraction of sp³-hybridized carbons (Fsp3) is 0.158. The van der Waals surface area contributed by atoms with Crippen molar-refractivity contribution in [1.29, 1.82) is 0 Å². The Kier molecular flexibility index (Phi) is 2.64. The lowest BCUT2D eigenvalue weighted by molar-refractivity contribution is 0.887. The maximum atomic E-state index is 6.59. The first kappa shape index (κ1) is 12.6. The molecule has 1 nitrogen and oxygen atoms in total. The molecule has 0 N–H and O–H groups in total. The maximum Gasteiger partial charge on any atom is 0.0781 e. The van der Waals surface area contributed by atoms with E-state index in [0.29, 0.717) is 0 Å². The summed E-state index contributed by atoms with van der Waals surface area (Å²) in [5.74, 6) is 0. The van der Waals surface area contributed by atoms with Gasteiger partial charge in [0.05, 0.1) is 21.8 Å². The number of rotatable bonds is 1. The molecule has 0 spiro atoms.